The highest BCUT2D eigenvalue weighted by Crippen LogP contribution is 2.22. The van der Waals surface area contributed by atoms with Crippen LogP contribution in [0.1, 0.15) is 10.4 Å². The number of rotatable bonds is 5. The third kappa shape index (κ3) is 4.37. The van der Waals surface area contributed by atoms with E-state index in [1.807, 2.05) is 6.07 Å². The highest BCUT2D eigenvalue weighted by Gasteiger charge is 2.11. The van der Waals surface area contributed by atoms with E-state index in [4.69, 9.17) is 11.6 Å². The first-order valence-corrected chi connectivity index (χ1v) is 8.72. The molecule has 0 spiro atoms. The summed E-state index contributed by atoms with van der Waals surface area (Å²) in [4.78, 5) is 18.6. The van der Waals surface area contributed by atoms with E-state index in [1.54, 1.807) is 47.1 Å². The Labute approximate surface area is 153 Å². The van der Waals surface area contributed by atoms with E-state index in [0.29, 0.717) is 22.1 Å². The van der Waals surface area contributed by atoms with Crippen LogP contribution in [0.2, 0.25) is 4.34 Å². The van der Waals surface area contributed by atoms with Gasteiger partial charge >= 0.3 is 6.03 Å². The molecule has 1 N–H and O–H groups in total. The molecule has 0 aliphatic carbocycles. The molecule has 0 radical (unpaired) electrons. The Morgan fingerprint density at radius 2 is 2.24 bits per heavy atom. The molecule has 0 aliphatic rings. The van der Waals surface area contributed by atoms with E-state index in [9.17, 15) is 9.18 Å². The Morgan fingerprint density at radius 1 is 1.40 bits per heavy atom. The lowest BCUT2D eigenvalue weighted by Crippen LogP contribution is -2.36. The van der Waals surface area contributed by atoms with Gasteiger partial charge < -0.3 is 14.8 Å². The average molecular weight is 379 g/mol. The molecule has 0 saturated heterocycles. The number of urea groups is 1. The third-order valence-corrected chi connectivity index (χ3v) is 4.82. The molecule has 3 aromatic rings. The van der Waals surface area contributed by atoms with E-state index in [0.717, 1.165) is 4.88 Å². The number of amides is 2. The molecule has 0 atom stereocenters. The number of halogens is 2. The summed E-state index contributed by atoms with van der Waals surface area (Å²) in [6.07, 6.45) is 4.79. The van der Waals surface area contributed by atoms with Crippen molar-refractivity contribution < 1.29 is 9.18 Å². The normalized spacial score (nSPS) is 10.7. The molecule has 0 fully saturated rings. The Hall–Kier alpha value is -2.38. The van der Waals surface area contributed by atoms with Crippen molar-refractivity contribution in [3.05, 3.63) is 69.6 Å². The van der Waals surface area contributed by atoms with Crippen LogP contribution in [0.4, 0.5) is 9.18 Å². The molecule has 1 aromatic carbocycles. The molecule has 0 saturated carbocycles. The summed E-state index contributed by atoms with van der Waals surface area (Å²) in [6, 6.07) is 8.31. The Kier molecular flexibility index (Phi) is 5.35. The lowest BCUT2D eigenvalue weighted by molar-refractivity contribution is 0.207. The number of thiophene rings is 1. The average Bonchev–Trinajstić information content (AvgIpc) is 3.24. The van der Waals surface area contributed by atoms with Crippen LogP contribution in [0.3, 0.4) is 0 Å². The number of nitrogens with zero attached hydrogens (tertiary/aromatic N) is 3. The second kappa shape index (κ2) is 7.67. The number of nitrogens with one attached hydrogen (secondary N) is 1. The number of hydrogen-bond acceptors (Lipinski definition) is 3. The predicted molar refractivity (Wildman–Crippen MR) is 96.6 cm³/mol. The van der Waals surface area contributed by atoms with Crippen molar-refractivity contribution in [1.82, 2.24) is 19.8 Å². The monoisotopic (exact) mass is 378 g/mol. The number of carbonyl (C=O) groups excluding carboxylic acids is 1. The van der Waals surface area contributed by atoms with Gasteiger partial charge in [-0.25, -0.2) is 14.2 Å². The molecule has 3 rings (SSSR count). The summed E-state index contributed by atoms with van der Waals surface area (Å²) in [5, 5.41) is 2.78. The van der Waals surface area contributed by atoms with E-state index >= 15 is 0 Å². The molecular formula is C17H16ClFN4OS. The molecule has 5 nitrogen and oxygen atoms in total. The van der Waals surface area contributed by atoms with Crippen LogP contribution in [0.5, 0.6) is 0 Å². The molecule has 0 bridgehead atoms. The molecule has 25 heavy (non-hydrogen) atoms. The van der Waals surface area contributed by atoms with Gasteiger partial charge in [-0.3, -0.25) is 0 Å². The van der Waals surface area contributed by atoms with Crippen molar-refractivity contribution in [3.63, 3.8) is 0 Å². The Balaban J connectivity index is 1.57. The Morgan fingerprint density at radius 3 is 2.88 bits per heavy atom. The maximum Gasteiger partial charge on any atom is 0.317 e. The van der Waals surface area contributed by atoms with Crippen molar-refractivity contribution in [2.75, 3.05) is 7.05 Å². The topological polar surface area (TPSA) is 50.2 Å². The SMILES string of the molecule is CN(Cc1ccc(Cl)s1)C(=O)NCc1ccc(-n2ccnc2)c(F)c1. The van der Waals surface area contributed by atoms with E-state index < -0.39 is 0 Å². The molecule has 2 aromatic heterocycles. The molecule has 0 unspecified atom stereocenters. The lowest BCUT2D eigenvalue weighted by Gasteiger charge is -2.17. The summed E-state index contributed by atoms with van der Waals surface area (Å²) in [5.41, 5.74) is 1.10. The quantitative estimate of drug-likeness (QED) is 0.727. The van der Waals surface area contributed by atoms with Crippen molar-refractivity contribution in [3.8, 4) is 5.69 Å². The standard InChI is InChI=1S/C17H16ClFN4OS/c1-22(10-13-3-5-16(18)25-13)17(24)21-9-12-2-4-15(14(19)8-12)23-7-6-20-11-23/h2-8,11H,9-10H2,1H3,(H,21,24). The molecular weight excluding hydrogens is 363 g/mol. The first kappa shape index (κ1) is 17.4. The van der Waals surface area contributed by atoms with Gasteiger partial charge in [-0.1, -0.05) is 17.7 Å². The second-order valence-electron chi connectivity index (χ2n) is 5.48. The first-order valence-electron chi connectivity index (χ1n) is 7.53. The second-order valence-corrected chi connectivity index (χ2v) is 7.28. The number of benzene rings is 1. The van der Waals surface area contributed by atoms with Gasteiger partial charge in [-0.05, 0) is 29.8 Å². The van der Waals surface area contributed by atoms with Gasteiger partial charge in [-0.2, -0.15) is 0 Å². The zero-order valence-electron chi connectivity index (χ0n) is 13.4. The Bertz CT molecular complexity index is 865. The largest absolute Gasteiger partial charge is 0.334 e. The van der Waals surface area contributed by atoms with Gasteiger partial charge in [0.05, 0.1) is 22.9 Å². The van der Waals surface area contributed by atoms with Gasteiger partial charge in [0.1, 0.15) is 5.82 Å². The van der Waals surface area contributed by atoms with Gasteiger partial charge in [0.15, 0.2) is 0 Å². The predicted octanol–water partition coefficient (Wildman–Crippen LogP) is 4.07. The molecule has 0 aliphatic heterocycles. The molecule has 2 amide bonds. The maximum atomic E-state index is 14.2. The van der Waals surface area contributed by atoms with Crippen LogP contribution in [-0.2, 0) is 13.1 Å². The fraction of sp³-hybridized carbons (Fsp3) is 0.176. The summed E-state index contributed by atoms with van der Waals surface area (Å²) in [5.74, 6) is -0.369. The van der Waals surface area contributed by atoms with E-state index in [1.165, 1.54) is 23.7 Å². The summed E-state index contributed by atoms with van der Waals surface area (Å²) >= 11 is 7.32. The van der Waals surface area contributed by atoms with Gasteiger partial charge in [-0.15, -0.1) is 11.3 Å². The molecule has 130 valence electrons. The lowest BCUT2D eigenvalue weighted by atomic mass is 10.2. The fourth-order valence-corrected chi connectivity index (χ4v) is 3.47. The summed E-state index contributed by atoms with van der Waals surface area (Å²) in [7, 11) is 1.70. The molecule has 2 heterocycles. The van der Waals surface area contributed by atoms with Crippen LogP contribution >= 0.6 is 22.9 Å². The van der Waals surface area contributed by atoms with Crippen LogP contribution in [-0.4, -0.2) is 27.5 Å². The zero-order valence-corrected chi connectivity index (χ0v) is 15.0. The van der Waals surface area contributed by atoms with Gasteiger partial charge in [0, 0.05) is 30.9 Å². The minimum absolute atomic E-state index is 0.233. The van der Waals surface area contributed by atoms with E-state index in [2.05, 4.69) is 10.3 Å². The third-order valence-electron chi connectivity index (χ3n) is 3.61. The van der Waals surface area contributed by atoms with E-state index in [-0.39, 0.29) is 18.4 Å². The van der Waals surface area contributed by atoms with Gasteiger partial charge in [0.2, 0.25) is 0 Å². The van der Waals surface area contributed by atoms with Crippen LogP contribution in [0.25, 0.3) is 5.69 Å². The van der Waals surface area contributed by atoms with Crippen molar-refractivity contribution >= 4 is 29.0 Å². The maximum absolute atomic E-state index is 14.2. The fourth-order valence-electron chi connectivity index (χ4n) is 2.33. The number of imidazole rings is 1. The number of carbonyl (C=O) groups is 1. The van der Waals surface area contributed by atoms with Crippen molar-refractivity contribution in [1.29, 1.82) is 0 Å². The summed E-state index contributed by atoms with van der Waals surface area (Å²) < 4.78 is 16.5. The van der Waals surface area contributed by atoms with Crippen LogP contribution in [0.15, 0.2) is 49.1 Å². The van der Waals surface area contributed by atoms with Crippen LogP contribution in [0, 0.1) is 5.82 Å². The van der Waals surface area contributed by atoms with Gasteiger partial charge in [0.25, 0.3) is 0 Å². The van der Waals surface area contributed by atoms with Crippen molar-refractivity contribution in [2.45, 2.75) is 13.1 Å². The summed E-state index contributed by atoms with van der Waals surface area (Å²) in [6.45, 7) is 0.715. The van der Waals surface area contributed by atoms with Crippen LogP contribution < -0.4 is 5.32 Å². The first-order chi connectivity index (χ1) is 12.0. The highest BCUT2D eigenvalue weighted by atomic mass is 35.5. The smallest absolute Gasteiger partial charge is 0.317 e. The minimum atomic E-state index is -0.369. The zero-order chi connectivity index (χ0) is 17.8. The van der Waals surface area contributed by atoms with Crippen molar-refractivity contribution in [2.24, 2.45) is 0 Å². The molecule has 8 heteroatoms. The number of hydrogen-bond donors (Lipinski definition) is 1. The number of aromatic nitrogens is 2. The minimum Gasteiger partial charge on any atom is -0.334 e. The highest BCUT2D eigenvalue weighted by molar-refractivity contribution is 7.16.